The van der Waals surface area contributed by atoms with E-state index >= 15 is 0 Å². The normalized spacial score (nSPS) is 12.4. The number of nitrogens with one attached hydrogen (secondary N) is 1. The van der Waals surface area contributed by atoms with E-state index in [1.807, 2.05) is 19.1 Å². The predicted octanol–water partition coefficient (Wildman–Crippen LogP) is 4.43. The molecule has 0 aliphatic rings. The Kier molecular flexibility index (Phi) is 7.01. The zero-order chi connectivity index (χ0) is 22.6. The average Bonchev–Trinajstić information content (AvgIpc) is 3.18. The van der Waals surface area contributed by atoms with Crippen LogP contribution in [0.3, 0.4) is 0 Å². The fraction of sp³-hybridized carbons (Fsp3) is 0.238. The van der Waals surface area contributed by atoms with Crippen molar-refractivity contribution in [3.8, 4) is 16.3 Å². The number of carbonyl (C=O) groups is 1. The molecule has 10 heteroatoms. The van der Waals surface area contributed by atoms with E-state index in [9.17, 15) is 22.0 Å². The molecule has 3 aromatic rings. The number of rotatable bonds is 8. The van der Waals surface area contributed by atoms with Gasteiger partial charge in [0.25, 0.3) is 0 Å². The Bertz CT molecular complexity index is 1180. The van der Waals surface area contributed by atoms with Crippen LogP contribution in [0.25, 0.3) is 10.6 Å². The highest BCUT2D eigenvalue weighted by Crippen LogP contribution is 2.27. The Hall–Kier alpha value is -2.85. The van der Waals surface area contributed by atoms with Crippen molar-refractivity contribution >= 4 is 32.8 Å². The van der Waals surface area contributed by atoms with Gasteiger partial charge in [-0.05, 0) is 50.2 Å². The SMILES string of the molecule is CCOc1ccc(-c2nc(CS(=O)(=O)C(C)C(=O)Nc3ccc(F)c(F)c3)cs2)cc1. The van der Waals surface area contributed by atoms with Crippen LogP contribution in [-0.4, -0.2) is 31.2 Å². The third-order valence-corrected chi connectivity index (χ3v) is 7.34. The van der Waals surface area contributed by atoms with Crippen LogP contribution in [-0.2, 0) is 20.4 Å². The van der Waals surface area contributed by atoms with Gasteiger partial charge < -0.3 is 10.1 Å². The van der Waals surface area contributed by atoms with Gasteiger partial charge in [0.1, 0.15) is 16.0 Å². The molecule has 0 radical (unpaired) electrons. The van der Waals surface area contributed by atoms with Gasteiger partial charge in [-0.15, -0.1) is 11.3 Å². The summed E-state index contributed by atoms with van der Waals surface area (Å²) in [5.41, 5.74) is 1.11. The molecule has 1 atom stereocenters. The van der Waals surface area contributed by atoms with Crippen molar-refractivity contribution in [2.24, 2.45) is 0 Å². The maximum absolute atomic E-state index is 13.3. The highest BCUT2D eigenvalue weighted by molar-refractivity contribution is 7.92. The molecular formula is C21H20F2N2O4S2. The van der Waals surface area contributed by atoms with Crippen LogP contribution in [0.1, 0.15) is 19.5 Å². The number of sulfone groups is 1. The van der Waals surface area contributed by atoms with E-state index in [4.69, 9.17) is 4.74 Å². The minimum atomic E-state index is -3.89. The number of nitrogens with zero attached hydrogens (tertiary/aromatic N) is 1. The Morgan fingerprint density at radius 1 is 1.16 bits per heavy atom. The van der Waals surface area contributed by atoms with Gasteiger partial charge in [-0.1, -0.05) is 0 Å². The van der Waals surface area contributed by atoms with Crippen LogP contribution in [0.2, 0.25) is 0 Å². The number of halogens is 2. The van der Waals surface area contributed by atoms with Gasteiger partial charge in [0, 0.05) is 22.7 Å². The van der Waals surface area contributed by atoms with E-state index in [-0.39, 0.29) is 5.69 Å². The number of anilines is 1. The molecule has 1 N–H and O–H groups in total. The minimum Gasteiger partial charge on any atom is -0.494 e. The maximum Gasteiger partial charge on any atom is 0.242 e. The lowest BCUT2D eigenvalue weighted by molar-refractivity contribution is -0.115. The van der Waals surface area contributed by atoms with Gasteiger partial charge in [-0.3, -0.25) is 4.79 Å². The zero-order valence-corrected chi connectivity index (χ0v) is 18.4. The van der Waals surface area contributed by atoms with Crippen LogP contribution in [0.4, 0.5) is 14.5 Å². The molecule has 1 unspecified atom stereocenters. The molecule has 0 saturated heterocycles. The molecule has 6 nitrogen and oxygen atoms in total. The molecule has 2 aromatic carbocycles. The van der Waals surface area contributed by atoms with Gasteiger partial charge in [-0.2, -0.15) is 0 Å². The average molecular weight is 467 g/mol. The fourth-order valence-electron chi connectivity index (χ4n) is 2.68. The van der Waals surface area contributed by atoms with Gasteiger partial charge >= 0.3 is 0 Å². The largest absolute Gasteiger partial charge is 0.494 e. The molecular weight excluding hydrogens is 446 g/mol. The molecule has 1 heterocycles. The molecule has 0 aliphatic carbocycles. The Morgan fingerprint density at radius 3 is 2.52 bits per heavy atom. The van der Waals surface area contributed by atoms with Crippen LogP contribution in [0.5, 0.6) is 5.75 Å². The molecule has 0 saturated carbocycles. The number of hydrogen-bond acceptors (Lipinski definition) is 6. The second-order valence-electron chi connectivity index (χ2n) is 6.67. The highest BCUT2D eigenvalue weighted by atomic mass is 32.2. The molecule has 3 rings (SSSR count). The van der Waals surface area contributed by atoms with Gasteiger partial charge in [0.05, 0.1) is 18.1 Å². The first-order valence-electron chi connectivity index (χ1n) is 9.34. The number of thiazole rings is 1. The zero-order valence-electron chi connectivity index (χ0n) is 16.8. The van der Waals surface area contributed by atoms with Crippen molar-refractivity contribution in [2.45, 2.75) is 24.9 Å². The van der Waals surface area contributed by atoms with Crippen molar-refractivity contribution in [3.05, 3.63) is 65.2 Å². The van der Waals surface area contributed by atoms with Crippen LogP contribution >= 0.6 is 11.3 Å². The van der Waals surface area contributed by atoms with Crippen LogP contribution < -0.4 is 10.1 Å². The van der Waals surface area contributed by atoms with Gasteiger partial charge in [-0.25, -0.2) is 22.2 Å². The van der Waals surface area contributed by atoms with Crippen LogP contribution in [0, 0.1) is 11.6 Å². The molecule has 1 amide bonds. The second kappa shape index (κ2) is 9.52. The number of aromatic nitrogens is 1. The first-order chi connectivity index (χ1) is 14.7. The maximum atomic E-state index is 13.3. The first kappa shape index (κ1) is 22.8. The van der Waals surface area contributed by atoms with E-state index < -0.39 is 38.4 Å². The summed E-state index contributed by atoms with van der Waals surface area (Å²) in [6.45, 7) is 3.69. The lowest BCUT2D eigenvalue weighted by Crippen LogP contribution is -2.33. The molecule has 0 bridgehead atoms. The molecule has 0 spiro atoms. The van der Waals surface area contributed by atoms with E-state index in [0.29, 0.717) is 17.3 Å². The van der Waals surface area contributed by atoms with E-state index in [1.54, 1.807) is 17.5 Å². The molecule has 31 heavy (non-hydrogen) atoms. The smallest absolute Gasteiger partial charge is 0.242 e. The molecule has 1 aromatic heterocycles. The highest BCUT2D eigenvalue weighted by Gasteiger charge is 2.29. The lowest BCUT2D eigenvalue weighted by Gasteiger charge is -2.13. The van der Waals surface area contributed by atoms with Crippen molar-refractivity contribution in [1.29, 1.82) is 0 Å². The number of hydrogen-bond donors (Lipinski definition) is 1. The minimum absolute atomic E-state index is 0.0302. The molecule has 0 aliphatic heterocycles. The Balaban J connectivity index is 1.68. The summed E-state index contributed by atoms with van der Waals surface area (Å²) in [7, 11) is -3.89. The lowest BCUT2D eigenvalue weighted by atomic mass is 10.2. The van der Waals surface area contributed by atoms with Gasteiger partial charge in [0.15, 0.2) is 21.5 Å². The summed E-state index contributed by atoms with van der Waals surface area (Å²) in [6, 6.07) is 10.1. The third kappa shape index (κ3) is 5.65. The third-order valence-electron chi connectivity index (χ3n) is 4.41. The van der Waals surface area contributed by atoms with E-state index in [2.05, 4.69) is 10.3 Å². The monoisotopic (exact) mass is 466 g/mol. The number of ether oxygens (including phenoxy) is 1. The summed E-state index contributed by atoms with van der Waals surface area (Å²) in [4.78, 5) is 16.7. The predicted molar refractivity (Wildman–Crippen MR) is 116 cm³/mol. The first-order valence-corrected chi connectivity index (χ1v) is 11.9. The Labute approximate surface area is 182 Å². The molecule has 164 valence electrons. The standard InChI is InChI=1S/C21H20F2N2O4S2/c1-3-29-17-7-4-14(5-8-17)21-25-16(11-30-21)12-31(27,28)13(2)20(26)24-15-6-9-18(22)19(23)10-15/h4-11,13H,3,12H2,1-2H3,(H,24,26). The topological polar surface area (TPSA) is 85.4 Å². The summed E-state index contributed by atoms with van der Waals surface area (Å²) in [6.07, 6.45) is 0. The summed E-state index contributed by atoms with van der Waals surface area (Å²) < 4.78 is 57.0. The summed E-state index contributed by atoms with van der Waals surface area (Å²) in [5, 5.41) is 3.16. The van der Waals surface area contributed by atoms with Crippen molar-refractivity contribution < 1.29 is 26.7 Å². The van der Waals surface area contributed by atoms with E-state index in [1.165, 1.54) is 18.3 Å². The van der Waals surface area contributed by atoms with Gasteiger partial charge in [0.2, 0.25) is 5.91 Å². The number of amides is 1. The Morgan fingerprint density at radius 2 is 1.87 bits per heavy atom. The fourth-order valence-corrected chi connectivity index (χ4v) is 4.80. The van der Waals surface area contributed by atoms with Crippen LogP contribution in [0.15, 0.2) is 47.8 Å². The second-order valence-corrected chi connectivity index (χ2v) is 9.85. The van der Waals surface area contributed by atoms with Crippen molar-refractivity contribution in [1.82, 2.24) is 4.98 Å². The summed E-state index contributed by atoms with van der Waals surface area (Å²) in [5.74, 6) is -2.74. The summed E-state index contributed by atoms with van der Waals surface area (Å²) >= 11 is 1.29. The van der Waals surface area contributed by atoms with Crippen molar-refractivity contribution in [2.75, 3.05) is 11.9 Å². The molecule has 0 fully saturated rings. The number of benzene rings is 2. The number of carbonyl (C=O) groups excluding carboxylic acids is 1. The quantitative estimate of drug-likeness (QED) is 0.531. The van der Waals surface area contributed by atoms with E-state index in [0.717, 1.165) is 29.5 Å². The van der Waals surface area contributed by atoms with Crippen molar-refractivity contribution in [3.63, 3.8) is 0 Å².